The van der Waals surface area contributed by atoms with Gasteiger partial charge in [0, 0.05) is 115 Å². The Morgan fingerprint density at radius 2 is 0.879 bits per heavy atom. The van der Waals surface area contributed by atoms with Gasteiger partial charge in [-0.2, -0.15) is 0 Å². The number of ether oxygens (including phenoxy) is 6. The van der Waals surface area contributed by atoms with Crippen molar-refractivity contribution < 1.29 is 77.0 Å². The number of imidazole rings is 1. The molecule has 6 saturated carbocycles. The zero-order chi connectivity index (χ0) is 99.6. The van der Waals surface area contributed by atoms with Crippen LogP contribution in [0.1, 0.15) is 316 Å². The number of rotatable bonds is 4. The van der Waals surface area contributed by atoms with Gasteiger partial charge in [-0.1, -0.05) is 155 Å². The number of β-amino-alcohol motifs (C(OH)–C–C–N with tert-alkyl or cyclic N) is 2. The number of nitrogens with one attached hydrogen (secondary N) is 4. The quantitative estimate of drug-likeness (QED) is 0.0542. The zero-order valence-corrected chi connectivity index (χ0v) is 85.2. The molecule has 764 valence electrons. The second-order valence-corrected chi connectivity index (χ2v) is 44.5. The van der Waals surface area contributed by atoms with Gasteiger partial charge in [-0.3, -0.25) is 33.5 Å². The molecule has 0 saturated heterocycles. The lowest BCUT2D eigenvalue weighted by Gasteiger charge is -2.41. The van der Waals surface area contributed by atoms with Crippen molar-refractivity contribution in [2.24, 2.45) is 35.5 Å². The first-order chi connectivity index (χ1) is 66.8. The smallest absolute Gasteiger partial charge is 0.468 e. The highest BCUT2D eigenvalue weighted by Crippen LogP contribution is 2.55. The van der Waals surface area contributed by atoms with Gasteiger partial charge in [-0.05, 0) is 299 Å². The van der Waals surface area contributed by atoms with Crippen LogP contribution in [0.2, 0.25) is 0 Å². The molecule has 1 aromatic heterocycles. The first kappa shape index (κ1) is 106. The number of anilines is 6. The van der Waals surface area contributed by atoms with Gasteiger partial charge in [0.2, 0.25) is 17.7 Å². The summed E-state index contributed by atoms with van der Waals surface area (Å²) in [5, 5.41) is 34.2. The van der Waals surface area contributed by atoms with Crippen LogP contribution in [0.4, 0.5) is 53.3 Å². The summed E-state index contributed by atoms with van der Waals surface area (Å²) in [7, 11) is 1.37. The van der Waals surface area contributed by atoms with Crippen LogP contribution in [0.15, 0.2) is 140 Å². The molecule has 0 bridgehead atoms. The minimum atomic E-state index is -1.06. The van der Waals surface area contributed by atoms with Crippen LogP contribution in [0.5, 0.6) is 0 Å². The summed E-state index contributed by atoms with van der Waals surface area (Å²) in [6, 6.07) is 43.0. The number of hydrogen-bond acceptors (Lipinski definition) is 23. The maximum Gasteiger partial charge on any atom is 0.519 e. The summed E-state index contributed by atoms with van der Waals surface area (Å²) in [4.78, 5) is 109. The summed E-state index contributed by atoms with van der Waals surface area (Å²) >= 11 is 0. The molecule has 0 spiro atoms. The lowest BCUT2D eigenvalue weighted by atomic mass is 9.82. The van der Waals surface area contributed by atoms with Crippen LogP contribution in [0.25, 0.3) is 0 Å². The van der Waals surface area contributed by atoms with E-state index in [9.17, 15) is 48.6 Å². The summed E-state index contributed by atoms with van der Waals surface area (Å²) in [5.74, 6) is 8.12. The Balaban J connectivity index is 0.000000130. The molecule has 10 heterocycles. The number of nitrogens with zero attached hydrogens (tertiary/aromatic N) is 8. The van der Waals surface area contributed by atoms with E-state index in [0.717, 1.165) is 86.3 Å². The first-order valence-corrected chi connectivity index (χ1v) is 51.5. The molecule has 4 amide bonds. The number of methoxy groups -OCH3 is 1. The van der Waals surface area contributed by atoms with Gasteiger partial charge < -0.3 is 79.5 Å². The molecule has 15 aliphatic rings. The SMILES string of the molecule is C.CC(=O)N1Cc2cccc3c2N(C[C@@H]2CCC[C@H]32)C(O)C1.CC(=O)n1ccnc1.CC(C)(C)OC(=O)N1C[C@@H]2CCC[C@@H]2c2ccccc21.CC(C)(C)OC(=O)OC(=O)OC(C)(C)C.COC(=O)CNCc1cccc2c1N(C(=O)OC(C)(C)C)C[C@@H]1CCC[C@H]21.O=C1CNCc2cccc3c2N1C[C@@H]1CCC[C@H]31.OC1CNCc2cccc3c2N1C[C@@H]1CCC[C@H]31.c1ccc2c(c1)NC[C@@H]1CCC[C@H]21. The van der Waals surface area contributed by atoms with Crippen molar-refractivity contribution in [1.29, 1.82) is 0 Å². The molecule has 6 aromatic carbocycles. The molecule has 28 nitrogen and oxygen atoms in total. The molecule has 28 heteroatoms. The fraction of sp³-hybridized carbons (Fsp3) is 0.584. The molecule has 7 aromatic rings. The molecular weight excluding hydrogens is 1780 g/mol. The molecule has 0 radical (unpaired) electrons. The van der Waals surface area contributed by atoms with Crippen LogP contribution in [-0.2, 0) is 69.0 Å². The van der Waals surface area contributed by atoms with Crippen LogP contribution >= 0.6 is 0 Å². The Morgan fingerprint density at radius 3 is 1.40 bits per heavy atom. The third kappa shape index (κ3) is 26.0. The topological polar surface area (TPSA) is 318 Å². The highest BCUT2D eigenvalue weighted by atomic mass is 16.8. The van der Waals surface area contributed by atoms with E-state index >= 15 is 0 Å². The number of aliphatic hydroxyl groups excluding tert-OH is 2. The average molecular weight is 1940 g/mol. The Hall–Kier alpha value is -10.9. The van der Waals surface area contributed by atoms with Crippen molar-refractivity contribution in [3.05, 3.63) is 196 Å². The Labute approximate surface area is 835 Å². The van der Waals surface area contributed by atoms with Crippen molar-refractivity contribution in [3.8, 4) is 0 Å². The number of aromatic nitrogens is 2. The molecule has 141 heavy (non-hydrogen) atoms. The molecule has 22 rings (SSSR count). The van der Waals surface area contributed by atoms with Crippen LogP contribution in [-0.4, -0.2) is 180 Å². The molecule has 6 N–H and O–H groups in total. The Morgan fingerprint density at radius 1 is 0.440 bits per heavy atom. The van der Waals surface area contributed by atoms with E-state index in [-0.39, 0.29) is 56.1 Å². The van der Waals surface area contributed by atoms with E-state index in [4.69, 9.17) is 18.9 Å². The fourth-order valence-corrected chi connectivity index (χ4v) is 24.3. The number of benzene rings is 6. The second kappa shape index (κ2) is 46.2. The normalized spacial score (nSPS) is 24.9. The lowest BCUT2D eigenvalue weighted by Crippen LogP contribution is -2.47. The summed E-state index contributed by atoms with van der Waals surface area (Å²) in [6.07, 6.45) is 24.3. The predicted molar refractivity (Wildman–Crippen MR) is 551 cm³/mol. The Kier molecular flexibility index (Phi) is 34.7. The summed E-state index contributed by atoms with van der Waals surface area (Å²) < 4.78 is 31.2. The number of aliphatic hydroxyl groups is 2. The van der Waals surface area contributed by atoms with Gasteiger partial charge in [0.1, 0.15) is 41.2 Å². The summed E-state index contributed by atoms with van der Waals surface area (Å²) in [5.41, 5.74) is 18.0. The molecule has 9 aliphatic heterocycles. The largest absolute Gasteiger partial charge is 0.519 e. The third-order valence-electron chi connectivity index (χ3n) is 30.2. The van der Waals surface area contributed by atoms with E-state index in [1.165, 1.54) is 208 Å². The van der Waals surface area contributed by atoms with Gasteiger partial charge in [0.05, 0.1) is 43.8 Å². The van der Waals surface area contributed by atoms with Crippen molar-refractivity contribution in [1.82, 2.24) is 30.4 Å². The maximum absolute atomic E-state index is 13.0. The Bertz CT molecular complexity index is 5480. The van der Waals surface area contributed by atoms with E-state index in [2.05, 4.69) is 147 Å². The van der Waals surface area contributed by atoms with E-state index in [0.29, 0.717) is 86.6 Å². The van der Waals surface area contributed by atoms with Crippen molar-refractivity contribution >= 4 is 82.3 Å². The van der Waals surface area contributed by atoms with Crippen molar-refractivity contribution in [2.75, 3.05) is 102 Å². The monoisotopic (exact) mass is 1940 g/mol. The molecule has 6 fully saturated rings. The van der Waals surface area contributed by atoms with Gasteiger partial charge in [-0.15, -0.1) is 0 Å². The lowest BCUT2D eigenvalue weighted by molar-refractivity contribution is -0.139. The van der Waals surface area contributed by atoms with Crippen molar-refractivity contribution in [3.63, 3.8) is 0 Å². The number of hydrogen-bond donors (Lipinski definition) is 6. The fourth-order valence-electron chi connectivity index (χ4n) is 24.3. The standard InChI is InChI=1S/C21H30N2O4.C17H22N2O2.C17H23NO2.C15H20N2O.C15H18N2O.C12H15N.C10H18O5.C5H6N2O.CH4/c1-21(2,3)27-20(25)23-13-15-8-6-9-16(15)17-10-5-7-14(19(17)23)11-22-12-18(24)26-4;1-11(20)18-8-13-5-3-7-15-14-6-2-4-12(14)9-19(17(13)15)16(21)10-18;1-17(2,3)20-16(19)18-11-12-7-6-9-13(12)14-8-4-5-10-15(14)18;2*18-14-8-16-7-10-3-1-6-13-12-5-2-4-11(12)9-17(14)15(10)13;1-2-7-12-11(5-1)10-6-3-4-9(10)8-13-12;1-9(2,3)14-7(11)13-8(12)15-10(4,5)6;1-5(8)7-3-2-6-4-7;/h5,7,10,15-16,22H,6,8-9,11-13H2,1-4H3;3,5,7,12,14,16,21H,2,4,6,8-10H2,1H3;4-5,8,10,12-13H,6-7,9,11H2,1-3H3;1,3,6,11-12,14,16,18H,2,4-5,7-9H2;1,3,6,11-12,16H,2,4-5,7-9H2;1-2,5,7,9-10,13H,3-4,6,8H2;1-6H3;2-4H,1H3;1H4/t15-,16-;12-,14-,16?;12-,13-;11-,12-,14?;11-,12-;9-,10-;;;/m000000.../s1. The zero-order valence-electron chi connectivity index (χ0n) is 85.2. The van der Waals surface area contributed by atoms with Crippen molar-refractivity contribution in [2.45, 2.75) is 316 Å². The molecule has 2 unspecified atom stereocenters. The number of esters is 1. The number of carbonyl (C=O) groups is 8. The third-order valence-corrected chi connectivity index (χ3v) is 30.2. The first-order valence-electron chi connectivity index (χ1n) is 51.5. The minimum absolute atomic E-state index is 0. The van der Waals surface area contributed by atoms with E-state index in [1.807, 2.05) is 75.6 Å². The summed E-state index contributed by atoms with van der Waals surface area (Å²) in [6.45, 7) is 34.6. The van der Waals surface area contributed by atoms with E-state index in [1.54, 1.807) is 71.3 Å². The van der Waals surface area contributed by atoms with Crippen LogP contribution in [0.3, 0.4) is 0 Å². The minimum Gasteiger partial charge on any atom is -0.468 e. The van der Waals surface area contributed by atoms with Gasteiger partial charge >= 0.3 is 30.5 Å². The molecular formula is C113H156N12O16. The van der Waals surface area contributed by atoms with Gasteiger partial charge in [-0.25, -0.2) is 24.2 Å². The van der Waals surface area contributed by atoms with E-state index < -0.39 is 40.9 Å². The second-order valence-electron chi connectivity index (χ2n) is 44.5. The van der Waals surface area contributed by atoms with Gasteiger partial charge in [0.25, 0.3) is 0 Å². The maximum atomic E-state index is 13.0. The number of fused-ring (bicyclic) bond motifs is 15. The highest BCUT2D eigenvalue weighted by Gasteiger charge is 2.47. The number of amides is 4. The predicted octanol–water partition coefficient (Wildman–Crippen LogP) is 20.9. The van der Waals surface area contributed by atoms with Crippen LogP contribution < -0.4 is 45.8 Å². The number of carbonyl (C=O) groups excluding carboxylic acids is 8. The molecule has 6 aliphatic carbocycles. The van der Waals surface area contributed by atoms with Gasteiger partial charge in [0.15, 0.2) is 0 Å². The number of para-hydroxylation sites is 6. The average Bonchev–Trinajstić information content (AvgIpc) is 1.65. The highest BCUT2D eigenvalue weighted by molar-refractivity contribution is 5.98. The van der Waals surface area contributed by atoms with Crippen LogP contribution in [0, 0.1) is 35.5 Å². The molecule has 14 atom stereocenters.